The first-order chi connectivity index (χ1) is 9.90. The Bertz CT molecular complexity index is 731. The van der Waals surface area contributed by atoms with E-state index in [2.05, 4.69) is 5.32 Å². The van der Waals surface area contributed by atoms with Crippen molar-refractivity contribution >= 4 is 17.3 Å². The number of phenols is 1. The van der Waals surface area contributed by atoms with Crippen molar-refractivity contribution < 1.29 is 19.2 Å². The van der Waals surface area contributed by atoms with Crippen molar-refractivity contribution in [1.82, 2.24) is 0 Å². The summed E-state index contributed by atoms with van der Waals surface area (Å²) in [4.78, 5) is 22.5. The van der Waals surface area contributed by atoms with Gasteiger partial charge in [-0.05, 0) is 24.6 Å². The molecule has 21 heavy (non-hydrogen) atoms. The Kier molecular flexibility index (Phi) is 3.84. The van der Waals surface area contributed by atoms with Crippen molar-refractivity contribution in [3.8, 4) is 5.75 Å². The second-order valence-electron chi connectivity index (χ2n) is 4.35. The Balaban J connectivity index is 2.36. The van der Waals surface area contributed by atoms with E-state index in [1.807, 2.05) is 0 Å². The highest BCUT2D eigenvalue weighted by atomic mass is 19.1. The highest BCUT2D eigenvalue weighted by molar-refractivity contribution is 6.08. The second kappa shape index (κ2) is 5.58. The number of nitro groups is 1. The third-order valence-corrected chi connectivity index (χ3v) is 2.88. The summed E-state index contributed by atoms with van der Waals surface area (Å²) in [6, 6.07) is 7.57. The fraction of sp³-hybridized carbons (Fsp3) is 0.0714. The Morgan fingerprint density at radius 2 is 2.05 bits per heavy atom. The standard InChI is InChI=1S/C14H11FN2O4/c1-8-3-2-4-11(17(20)21)13(8)14(19)16-9-5-6-12(18)10(15)7-9/h2-7,18H,1H3,(H,16,19). The normalized spacial score (nSPS) is 10.2. The molecule has 0 radical (unpaired) electrons. The molecule has 0 aliphatic carbocycles. The van der Waals surface area contributed by atoms with Gasteiger partial charge in [0.15, 0.2) is 11.6 Å². The predicted octanol–water partition coefficient (Wildman–Crippen LogP) is 3.00. The SMILES string of the molecule is Cc1cccc([N+](=O)[O-])c1C(=O)Nc1ccc(O)c(F)c1. The highest BCUT2D eigenvalue weighted by Crippen LogP contribution is 2.24. The van der Waals surface area contributed by atoms with Gasteiger partial charge in [0, 0.05) is 17.8 Å². The number of nitrogens with zero attached hydrogens (tertiary/aromatic N) is 1. The highest BCUT2D eigenvalue weighted by Gasteiger charge is 2.22. The number of carbonyl (C=O) groups is 1. The van der Waals surface area contributed by atoms with Crippen LogP contribution >= 0.6 is 0 Å². The zero-order valence-corrected chi connectivity index (χ0v) is 11.0. The molecule has 2 aromatic rings. The lowest BCUT2D eigenvalue weighted by molar-refractivity contribution is -0.385. The van der Waals surface area contributed by atoms with E-state index >= 15 is 0 Å². The number of nitrogens with one attached hydrogen (secondary N) is 1. The van der Waals surface area contributed by atoms with Gasteiger partial charge in [-0.3, -0.25) is 14.9 Å². The van der Waals surface area contributed by atoms with Crippen LogP contribution in [0.4, 0.5) is 15.8 Å². The Hall–Kier alpha value is -2.96. The molecule has 0 aliphatic heterocycles. The molecule has 0 saturated heterocycles. The Morgan fingerprint density at radius 1 is 1.33 bits per heavy atom. The van der Waals surface area contributed by atoms with Crippen LogP contribution in [-0.4, -0.2) is 15.9 Å². The summed E-state index contributed by atoms with van der Waals surface area (Å²) < 4.78 is 13.2. The molecule has 1 amide bonds. The van der Waals surface area contributed by atoms with Gasteiger partial charge in [0.05, 0.1) is 4.92 Å². The molecule has 0 bridgehead atoms. The van der Waals surface area contributed by atoms with Crippen LogP contribution in [0.15, 0.2) is 36.4 Å². The number of hydrogen-bond donors (Lipinski definition) is 2. The van der Waals surface area contributed by atoms with Crippen LogP contribution in [0.5, 0.6) is 5.75 Å². The van der Waals surface area contributed by atoms with E-state index in [9.17, 15) is 19.3 Å². The molecule has 0 unspecified atom stereocenters. The first kappa shape index (κ1) is 14.4. The van der Waals surface area contributed by atoms with Crippen LogP contribution in [-0.2, 0) is 0 Å². The van der Waals surface area contributed by atoms with Gasteiger partial charge in [0.1, 0.15) is 5.56 Å². The van der Waals surface area contributed by atoms with Crippen molar-refractivity contribution in [3.05, 3.63) is 63.5 Å². The molecular formula is C14H11FN2O4. The molecule has 0 fully saturated rings. The molecule has 0 heterocycles. The van der Waals surface area contributed by atoms with Crippen LogP contribution in [0.3, 0.4) is 0 Å². The average molecular weight is 290 g/mol. The summed E-state index contributed by atoms with van der Waals surface area (Å²) >= 11 is 0. The molecule has 0 spiro atoms. The van der Waals surface area contributed by atoms with Crippen LogP contribution < -0.4 is 5.32 Å². The summed E-state index contributed by atoms with van der Waals surface area (Å²) in [6.45, 7) is 1.57. The minimum absolute atomic E-state index is 0.0871. The van der Waals surface area contributed by atoms with Crippen molar-refractivity contribution in [2.45, 2.75) is 6.92 Å². The quantitative estimate of drug-likeness (QED) is 0.516. The maximum atomic E-state index is 13.2. The maximum absolute atomic E-state index is 13.2. The number of nitro benzene ring substituents is 1. The van der Waals surface area contributed by atoms with Crippen molar-refractivity contribution in [2.24, 2.45) is 0 Å². The van der Waals surface area contributed by atoms with Crippen LogP contribution in [0.25, 0.3) is 0 Å². The van der Waals surface area contributed by atoms with Gasteiger partial charge in [0.25, 0.3) is 11.6 Å². The Labute approximate surface area is 119 Å². The zero-order valence-electron chi connectivity index (χ0n) is 11.0. The van der Waals surface area contributed by atoms with Gasteiger partial charge >= 0.3 is 0 Å². The number of aromatic hydroxyl groups is 1. The van der Waals surface area contributed by atoms with Gasteiger partial charge in [-0.2, -0.15) is 0 Å². The predicted molar refractivity (Wildman–Crippen MR) is 73.9 cm³/mol. The smallest absolute Gasteiger partial charge is 0.282 e. The van der Waals surface area contributed by atoms with E-state index in [0.717, 1.165) is 12.1 Å². The molecule has 0 atom stereocenters. The summed E-state index contributed by atoms with van der Waals surface area (Å²) in [5.41, 5.74) is 0.108. The molecule has 0 aliphatic rings. The maximum Gasteiger partial charge on any atom is 0.282 e. The third-order valence-electron chi connectivity index (χ3n) is 2.88. The molecule has 0 aromatic heterocycles. The zero-order chi connectivity index (χ0) is 15.6. The van der Waals surface area contributed by atoms with E-state index in [0.29, 0.717) is 5.56 Å². The van der Waals surface area contributed by atoms with Gasteiger partial charge < -0.3 is 10.4 Å². The number of amides is 1. The minimum Gasteiger partial charge on any atom is -0.505 e. The molecular weight excluding hydrogens is 279 g/mol. The van der Waals surface area contributed by atoms with E-state index in [-0.39, 0.29) is 16.9 Å². The molecule has 2 N–H and O–H groups in total. The molecule has 7 heteroatoms. The van der Waals surface area contributed by atoms with E-state index in [4.69, 9.17) is 5.11 Å². The van der Waals surface area contributed by atoms with Crippen LogP contribution in [0.2, 0.25) is 0 Å². The number of halogens is 1. The van der Waals surface area contributed by atoms with E-state index in [1.54, 1.807) is 13.0 Å². The number of benzene rings is 2. The van der Waals surface area contributed by atoms with Gasteiger partial charge in [-0.25, -0.2) is 4.39 Å². The average Bonchev–Trinajstić information content (AvgIpc) is 2.42. The first-order valence-electron chi connectivity index (χ1n) is 5.94. The van der Waals surface area contributed by atoms with Crippen molar-refractivity contribution in [2.75, 3.05) is 5.32 Å². The van der Waals surface area contributed by atoms with Crippen LogP contribution in [0.1, 0.15) is 15.9 Å². The van der Waals surface area contributed by atoms with E-state index in [1.165, 1.54) is 18.2 Å². The number of anilines is 1. The Morgan fingerprint density at radius 3 is 2.67 bits per heavy atom. The molecule has 0 saturated carbocycles. The molecule has 2 rings (SSSR count). The monoisotopic (exact) mass is 290 g/mol. The first-order valence-corrected chi connectivity index (χ1v) is 5.94. The number of aryl methyl sites for hydroxylation is 1. The van der Waals surface area contributed by atoms with Crippen molar-refractivity contribution in [3.63, 3.8) is 0 Å². The van der Waals surface area contributed by atoms with Crippen LogP contribution in [0, 0.1) is 22.9 Å². The van der Waals surface area contributed by atoms with E-state index < -0.39 is 22.4 Å². The number of rotatable bonds is 3. The number of phenolic OH excluding ortho intramolecular Hbond substituents is 1. The largest absolute Gasteiger partial charge is 0.505 e. The lowest BCUT2D eigenvalue weighted by Crippen LogP contribution is -2.15. The summed E-state index contributed by atoms with van der Waals surface area (Å²) in [6.07, 6.45) is 0. The fourth-order valence-electron chi connectivity index (χ4n) is 1.88. The summed E-state index contributed by atoms with van der Waals surface area (Å²) in [7, 11) is 0. The summed E-state index contributed by atoms with van der Waals surface area (Å²) in [5.74, 6) is -2.16. The van der Waals surface area contributed by atoms with Crippen molar-refractivity contribution in [1.29, 1.82) is 0 Å². The molecule has 6 nitrogen and oxygen atoms in total. The molecule has 2 aromatic carbocycles. The van der Waals surface area contributed by atoms with Gasteiger partial charge in [-0.1, -0.05) is 12.1 Å². The van der Waals surface area contributed by atoms with Gasteiger partial charge in [-0.15, -0.1) is 0 Å². The molecule has 108 valence electrons. The number of carbonyl (C=O) groups excluding carboxylic acids is 1. The number of hydrogen-bond acceptors (Lipinski definition) is 4. The lowest BCUT2D eigenvalue weighted by Gasteiger charge is -2.08. The fourth-order valence-corrected chi connectivity index (χ4v) is 1.88. The van der Waals surface area contributed by atoms with Gasteiger partial charge in [0.2, 0.25) is 0 Å². The topological polar surface area (TPSA) is 92.5 Å². The lowest BCUT2D eigenvalue weighted by atomic mass is 10.1. The summed E-state index contributed by atoms with van der Waals surface area (Å²) in [5, 5.41) is 22.4. The third kappa shape index (κ3) is 2.97. The minimum atomic E-state index is -0.896. The second-order valence-corrected chi connectivity index (χ2v) is 4.35.